The zero-order valence-corrected chi connectivity index (χ0v) is 22.6. The van der Waals surface area contributed by atoms with Crippen molar-refractivity contribution in [2.75, 3.05) is 7.11 Å². The molecular formula is C37H30N2O+2. The highest BCUT2D eigenvalue weighted by atomic mass is 16.5. The number of hydrogen-bond acceptors (Lipinski definition) is 1. The summed E-state index contributed by atoms with van der Waals surface area (Å²) >= 11 is 0. The molecule has 0 saturated heterocycles. The highest BCUT2D eigenvalue weighted by Crippen LogP contribution is 2.41. The summed E-state index contributed by atoms with van der Waals surface area (Å²) < 4.78 is 10.3. The maximum Gasteiger partial charge on any atom is 0.221 e. The third-order valence-electron chi connectivity index (χ3n) is 8.65. The quantitative estimate of drug-likeness (QED) is 0.227. The van der Waals surface area contributed by atoms with E-state index in [9.17, 15) is 0 Å². The molecule has 0 fully saturated rings. The molecule has 0 spiro atoms. The first-order chi connectivity index (χ1) is 19.7. The Morgan fingerprint density at radius 1 is 0.625 bits per heavy atom. The first kappa shape index (κ1) is 23.2. The van der Waals surface area contributed by atoms with Gasteiger partial charge in [0.25, 0.3) is 0 Å². The van der Waals surface area contributed by atoms with Crippen LogP contribution >= 0.6 is 0 Å². The second-order valence-electron chi connectivity index (χ2n) is 10.9. The van der Waals surface area contributed by atoms with E-state index in [4.69, 9.17) is 4.74 Å². The summed E-state index contributed by atoms with van der Waals surface area (Å²) in [6, 6.07) is 33.3. The van der Waals surface area contributed by atoms with Crippen molar-refractivity contribution < 1.29 is 13.9 Å². The molecule has 4 heterocycles. The number of aryl methyl sites for hydroxylation is 4. The van der Waals surface area contributed by atoms with E-state index >= 15 is 0 Å². The molecule has 2 aromatic heterocycles. The minimum atomic E-state index is 0.888. The van der Waals surface area contributed by atoms with Gasteiger partial charge in [0.2, 0.25) is 11.4 Å². The van der Waals surface area contributed by atoms with Crippen LogP contribution in [0.25, 0.3) is 56.2 Å². The molecular weight excluding hydrogens is 488 g/mol. The second-order valence-corrected chi connectivity index (χ2v) is 10.9. The van der Waals surface area contributed by atoms with Gasteiger partial charge in [-0.3, -0.25) is 0 Å². The Labute approximate surface area is 234 Å². The Morgan fingerprint density at radius 2 is 1.35 bits per heavy atom. The van der Waals surface area contributed by atoms with Crippen molar-refractivity contribution in [3.05, 3.63) is 126 Å². The Bertz CT molecular complexity index is 2000. The number of benzene rings is 4. The zero-order valence-electron chi connectivity index (χ0n) is 22.6. The average Bonchev–Trinajstić information content (AvgIpc) is 3.02. The predicted molar refractivity (Wildman–Crippen MR) is 162 cm³/mol. The van der Waals surface area contributed by atoms with Crippen LogP contribution in [0, 0.1) is 0 Å². The molecule has 6 aromatic rings. The molecule has 3 nitrogen and oxygen atoms in total. The average molecular weight is 519 g/mol. The number of rotatable bonds is 3. The Kier molecular flexibility index (Phi) is 5.31. The van der Waals surface area contributed by atoms with Crippen LogP contribution in [0.15, 0.2) is 103 Å². The van der Waals surface area contributed by atoms with E-state index in [0.29, 0.717) is 0 Å². The zero-order chi connectivity index (χ0) is 26.6. The van der Waals surface area contributed by atoms with Gasteiger partial charge < -0.3 is 4.74 Å². The van der Waals surface area contributed by atoms with Crippen molar-refractivity contribution >= 4 is 33.7 Å². The van der Waals surface area contributed by atoms with E-state index in [1.807, 2.05) is 6.07 Å². The van der Waals surface area contributed by atoms with Gasteiger partial charge in [-0.25, -0.2) is 0 Å². The Morgan fingerprint density at radius 3 is 2.23 bits per heavy atom. The van der Waals surface area contributed by atoms with Crippen LogP contribution in [-0.4, -0.2) is 7.11 Å². The van der Waals surface area contributed by atoms with E-state index in [-0.39, 0.29) is 0 Å². The number of pyridine rings is 2. The molecule has 0 N–H and O–H groups in total. The number of aromatic nitrogens is 2. The van der Waals surface area contributed by atoms with Crippen LogP contribution < -0.4 is 13.9 Å². The summed E-state index contributed by atoms with van der Waals surface area (Å²) in [6.45, 7) is 2.03. The molecule has 8 rings (SSSR count). The van der Waals surface area contributed by atoms with E-state index in [0.717, 1.165) is 31.7 Å². The van der Waals surface area contributed by atoms with Gasteiger partial charge >= 0.3 is 0 Å². The van der Waals surface area contributed by atoms with Crippen LogP contribution in [0.2, 0.25) is 0 Å². The minimum absolute atomic E-state index is 0.888. The van der Waals surface area contributed by atoms with Gasteiger partial charge in [-0.2, -0.15) is 9.13 Å². The van der Waals surface area contributed by atoms with E-state index in [2.05, 4.69) is 119 Å². The van der Waals surface area contributed by atoms with Gasteiger partial charge in [0, 0.05) is 31.0 Å². The smallest absolute Gasteiger partial charge is 0.221 e. The summed E-state index contributed by atoms with van der Waals surface area (Å²) in [5.41, 5.74) is 10.8. The van der Waals surface area contributed by atoms with E-state index in [1.165, 1.54) is 66.3 Å². The highest BCUT2D eigenvalue weighted by Gasteiger charge is 2.34. The molecule has 2 aliphatic rings. The summed E-state index contributed by atoms with van der Waals surface area (Å²) in [7, 11) is 1.71. The van der Waals surface area contributed by atoms with Crippen molar-refractivity contribution in [2.45, 2.75) is 25.9 Å². The fraction of sp³-hybridized carbons (Fsp3) is 0.135. The monoisotopic (exact) mass is 518 g/mol. The molecule has 0 bridgehead atoms. The molecule has 192 valence electrons. The number of ether oxygens (including phenoxy) is 1. The summed E-state index contributed by atoms with van der Waals surface area (Å²) in [5, 5.41) is 5.04. The maximum atomic E-state index is 5.39. The lowest BCUT2D eigenvalue weighted by atomic mass is 9.83. The molecule has 0 radical (unpaired) electrons. The maximum absolute atomic E-state index is 5.39. The van der Waals surface area contributed by atoms with Crippen molar-refractivity contribution in [1.82, 2.24) is 0 Å². The van der Waals surface area contributed by atoms with Crippen molar-refractivity contribution in [2.24, 2.45) is 0 Å². The second kappa shape index (κ2) is 9.17. The van der Waals surface area contributed by atoms with Crippen molar-refractivity contribution in [3.63, 3.8) is 0 Å². The molecule has 2 aliphatic heterocycles. The number of fused-ring (bicyclic) bond motifs is 10. The van der Waals surface area contributed by atoms with Gasteiger partial charge in [-0.05, 0) is 62.7 Å². The Hall–Kier alpha value is -4.76. The SMILES string of the molecule is COc1ccc2cc(/C=C/c3cc[n+]4c(c3)-c3c(ccc5c3-c3c6ccccc6cc[n+]3CC5)CC4)ccc2c1. The van der Waals surface area contributed by atoms with Crippen molar-refractivity contribution in [1.29, 1.82) is 0 Å². The van der Waals surface area contributed by atoms with E-state index < -0.39 is 0 Å². The number of methoxy groups -OCH3 is 1. The standard InChI is InChI=1S/C37H30N2O/c1-40-32-13-12-30-22-25(8-9-31(30)24-32)6-7-26-14-18-38-19-16-28-10-11-29-17-21-39-20-15-27-4-2-3-5-33(27)37(39)36(29)35(28)34(38)23-26/h2-15,18,20,22-24H,16-17,19,21H2,1H3/q+2/b7-6+. The lowest BCUT2D eigenvalue weighted by molar-refractivity contribution is -0.689. The summed E-state index contributed by atoms with van der Waals surface area (Å²) in [4.78, 5) is 0. The molecule has 40 heavy (non-hydrogen) atoms. The van der Waals surface area contributed by atoms with Crippen LogP contribution in [0.4, 0.5) is 0 Å². The first-order valence-electron chi connectivity index (χ1n) is 14.1. The van der Waals surface area contributed by atoms with Gasteiger partial charge in [-0.15, -0.1) is 0 Å². The molecule has 3 heteroatoms. The number of nitrogens with zero attached hydrogens (tertiary/aromatic N) is 2. The third kappa shape index (κ3) is 3.73. The molecule has 0 aliphatic carbocycles. The molecule has 0 unspecified atom stereocenters. The first-order valence-corrected chi connectivity index (χ1v) is 14.1. The van der Waals surface area contributed by atoms with E-state index in [1.54, 1.807) is 7.11 Å². The lowest BCUT2D eigenvalue weighted by Gasteiger charge is -2.23. The van der Waals surface area contributed by atoms with Gasteiger partial charge in [0.15, 0.2) is 25.5 Å². The van der Waals surface area contributed by atoms with Crippen LogP contribution in [0.3, 0.4) is 0 Å². The molecule has 0 amide bonds. The highest BCUT2D eigenvalue weighted by molar-refractivity contribution is 5.98. The van der Waals surface area contributed by atoms with Crippen LogP contribution in [0.5, 0.6) is 5.75 Å². The third-order valence-corrected chi connectivity index (χ3v) is 8.65. The van der Waals surface area contributed by atoms with Crippen LogP contribution in [-0.2, 0) is 25.9 Å². The number of hydrogen-bond donors (Lipinski definition) is 0. The topological polar surface area (TPSA) is 17.0 Å². The molecule has 0 atom stereocenters. The molecule has 0 saturated carbocycles. The lowest BCUT2D eigenvalue weighted by Crippen LogP contribution is -2.43. The summed E-state index contributed by atoms with van der Waals surface area (Å²) in [6.07, 6.45) is 11.1. The van der Waals surface area contributed by atoms with Gasteiger partial charge in [-0.1, -0.05) is 60.7 Å². The fourth-order valence-corrected chi connectivity index (χ4v) is 6.60. The fourth-order valence-electron chi connectivity index (χ4n) is 6.60. The van der Waals surface area contributed by atoms with Gasteiger partial charge in [0.05, 0.1) is 23.6 Å². The van der Waals surface area contributed by atoms with Crippen LogP contribution in [0.1, 0.15) is 22.3 Å². The molecule has 4 aromatic carbocycles. The minimum Gasteiger partial charge on any atom is -0.497 e. The predicted octanol–water partition coefficient (Wildman–Crippen LogP) is 7.19. The largest absolute Gasteiger partial charge is 0.497 e. The van der Waals surface area contributed by atoms with Crippen molar-refractivity contribution in [3.8, 4) is 28.3 Å². The summed E-state index contributed by atoms with van der Waals surface area (Å²) in [5.74, 6) is 0.888. The van der Waals surface area contributed by atoms with Gasteiger partial charge in [0.1, 0.15) is 5.75 Å². The normalized spacial score (nSPS) is 13.6. The Balaban J connectivity index is 1.25.